The van der Waals surface area contributed by atoms with Gasteiger partial charge in [-0.2, -0.15) is 0 Å². The number of Topliss-reactive ketones (excluding diaryl/α,β-unsaturated/α-hetero) is 1. The number of benzene rings is 2. The number of rotatable bonds is 9. The number of furan rings is 1. The van der Waals surface area contributed by atoms with Crippen molar-refractivity contribution in [2.24, 2.45) is 0 Å². The van der Waals surface area contributed by atoms with Crippen molar-refractivity contribution in [3.63, 3.8) is 0 Å². The van der Waals surface area contributed by atoms with Gasteiger partial charge in [0.05, 0.1) is 12.2 Å². The highest BCUT2D eigenvalue weighted by Gasteiger charge is 2.28. The van der Waals surface area contributed by atoms with E-state index in [0.717, 1.165) is 11.1 Å². The quantitative estimate of drug-likeness (QED) is 0.409. The molecular formula is C28H30N2O6. The van der Waals surface area contributed by atoms with Crippen LogP contribution in [0.2, 0.25) is 0 Å². The van der Waals surface area contributed by atoms with E-state index < -0.39 is 0 Å². The summed E-state index contributed by atoms with van der Waals surface area (Å²) in [5.41, 5.74) is 2.98. The van der Waals surface area contributed by atoms with Crippen molar-refractivity contribution in [1.82, 2.24) is 4.90 Å². The molecule has 0 unspecified atom stereocenters. The third-order valence-corrected chi connectivity index (χ3v) is 6.03. The molecule has 1 aliphatic rings. The summed E-state index contributed by atoms with van der Waals surface area (Å²) in [6.45, 7) is 8.75. The zero-order valence-electron chi connectivity index (χ0n) is 21.0. The topological polar surface area (TPSA) is 89.3 Å². The summed E-state index contributed by atoms with van der Waals surface area (Å²) in [4.78, 5) is 41.4. The Morgan fingerprint density at radius 3 is 2.42 bits per heavy atom. The summed E-state index contributed by atoms with van der Waals surface area (Å²) in [6.07, 6.45) is 0. The van der Waals surface area contributed by atoms with Gasteiger partial charge in [-0.15, -0.1) is 0 Å². The second-order valence-corrected chi connectivity index (χ2v) is 8.73. The third kappa shape index (κ3) is 5.43. The molecule has 4 rings (SSSR count). The summed E-state index contributed by atoms with van der Waals surface area (Å²) >= 11 is 0. The maximum atomic E-state index is 12.9. The number of hydrogen-bond acceptors (Lipinski definition) is 6. The molecule has 2 aromatic carbocycles. The number of carbonyl (C=O) groups excluding carboxylic acids is 3. The van der Waals surface area contributed by atoms with Crippen molar-refractivity contribution in [3.05, 3.63) is 76.7 Å². The Morgan fingerprint density at radius 2 is 1.72 bits per heavy atom. The van der Waals surface area contributed by atoms with Crippen LogP contribution < -0.4 is 14.4 Å². The molecule has 3 aromatic rings. The highest BCUT2D eigenvalue weighted by atomic mass is 16.5. The lowest BCUT2D eigenvalue weighted by molar-refractivity contribution is -0.121. The number of hydrogen-bond donors (Lipinski definition) is 0. The number of ketones is 1. The molecule has 1 aromatic heterocycles. The van der Waals surface area contributed by atoms with Gasteiger partial charge < -0.3 is 18.8 Å². The molecule has 2 heterocycles. The van der Waals surface area contributed by atoms with Crippen LogP contribution in [0.1, 0.15) is 51.6 Å². The van der Waals surface area contributed by atoms with Crippen molar-refractivity contribution in [1.29, 1.82) is 0 Å². The zero-order valence-corrected chi connectivity index (χ0v) is 21.0. The lowest BCUT2D eigenvalue weighted by atomic mass is 10.1. The number of aryl methyl sites for hydroxylation is 2. The zero-order chi connectivity index (χ0) is 25.8. The average molecular weight is 491 g/mol. The minimum atomic E-state index is -0.272. The summed E-state index contributed by atoms with van der Waals surface area (Å²) in [6, 6.07) is 14.1. The second-order valence-electron chi connectivity index (χ2n) is 8.73. The van der Waals surface area contributed by atoms with E-state index in [1.807, 2.05) is 45.9 Å². The summed E-state index contributed by atoms with van der Waals surface area (Å²) in [5, 5.41) is 0. The molecule has 0 saturated heterocycles. The van der Waals surface area contributed by atoms with Crippen molar-refractivity contribution in [3.8, 4) is 11.5 Å². The highest BCUT2D eigenvalue weighted by Crippen LogP contribution is 2.34. The van der Waals surface area contributed by atoms with Crippen LogP contribution in [-0.2, 0) is 11.3 Å². The number of fused-ring (bicyclic) bond motifs is 1. The van der Waals surface area contributed by atoms with Gasteiger partial charge in [-0.05, 0) is 81.3 Å². The number of carbonyl (C=O) groups is 3. The first-order valence-electron chi connectivity index (χ1n) is 12.0. The molecule has 0 aliphatic carbocycles. The monoisotopic (exact) mass is 490 g/mol. The molecule has 0 spiro atoms. The van der Waals surface area contributed by atoms with Crippen molar-refractivity contribution < 1.29 is 28.3 Å². The van der Waals surface area contributed by atoms with Gasteiger partial charge in [0.15, 0.2) is 24.8 Å². The molecule has 36 heavy (non-hydrogen) atoms. The Hall–Kier alpha value is -4.07. The number of anilines is 1. The van der Waals surface area contributed by atoms with E-state index in [9.17, 15) is 14.4 Å². The number of nitrogens with zero attached hydrogens (tertiary/aromatic N) is 2. The van der Waals surface area contributed by atoms with Crippen molar-refractivity contribution >= 4 is 23.3 Å². The summed E-state index contributed by atoms with van der Waals surface area (Å²) in [7, 11) is 0. The van der Waals surface area contributed by atoms with E-state index in [1.54, 1.807) is 35.2 Å². The normalized spacial score (nSPS) is 12.7. The summed E-state index contributed by atoms with van der Waals surface area (Å²) in [5.74, 6) is 1.12. The maximum absolute atomic E-state index is 12.9. The number of amides is 2. The van der Waals surface area contributed by atoms with E-state index in [0.29, 0.717) is 41.6 Å². The standard InChI is InChI=1S/C28H30N2O6/c1-5-29(6-2)28(33)26-10-8-21(36-26)15-30-23-14-20(7-9-25(23)35-17-27(30)32)24(31)16-34-22-12-18(3)11-19(4)13-22/h7-14H,5-6,15-17H2,1-4H3. The van der Waals surface area contributed by atoms with Crippen molar-refractivity contribution in [2.75, 3.05) is 31.2 Å². The Morgan fingerprint density at radius 1 is 1.00 bits per heavy atom. The molecule has 8 heteroatoms. The van der Waals surface area contributed by atoms with Crippen molar-refractivity contribution in [2.45, 2.75) is 34.2 Å². The van der Waals surface area contributed by atoms with Gasteiger partial charge in [0, 0.05) is 18.7 Å². The van der Waals surface area contributed by atoms with Gasteiger partial charge in [0.2, 0.25) is 0 Å². The van der Waals surface area contributed by atoms with E-state index in [4.69, 9.17) is 13.9 Å². The first-order valence-corrected chi connectivity index (χ1v) is 12.0. The largest absolute Gasteiger partial charge is 0.485 e. The van der Waals surface area contributed by atoms with Crippen LogP contribution in [-0.4, -0.2) is 48.8 Å². The molecule has 0 radical (unpaired) electrons. The Labute approximate surface area is 210 Å². The first-order chi connectivity index (χ1) is 17.3. The Bertz CT molecular complexity index is 1270. The second kappa shape index (κ2) is 10.7. The fourth-order valence-corrected chi connectivity index (χ4v) is 4.20. The SMILES string of the molecule is CCN(CC)C(=O)c1ccc(CN2C(=O)COc3ccc(C(=O)COc4cc(C)cc(C)c4)cc32)o1. The van der Waals surface area contributed by atoms with Gasteiger partial charge in [0.25, 0.3) is 11.8 Å². The number of ether oxygens (including phenoxy) is 2. The van der Waals surface area contributed by atoms with E-state index in [-0.39, 0.29) is 43.1 Å². The maximum Gasteiger partial charge on any atom is 0.289 e. The fraction of sp³-hybridized carbons (Fsp3) is 0.321. The third-order valence-electron chi connectivity index (χ3n) is 6.03. The van der Waals surface area contributed by atoms with Crippen LogP contribution in [0.4, 0.5) is 5.69 Å². The molecule has 0 atom stereocenters. The van der Waals surface area contributed by atoms with Gasteiger partial charge >= 0.3 is 0 Å². The molecule has 2 amide bonds. The fourth-order valence-electron chi connectivity index (χ4n) is 4.20. The van der Waals surface area contributed by atoms with Crippen LogP contribution in [0.3, 0.4) is 0 Å². The smallest absolute Gasteiger partial charge is 0.289 e. The molecule has 0 saturated carbocycles. The highest BCUT2D eigenvalue weighted by molar-refractivity contribution is 6.02. The van der Waals surface area contributed by atoms with E-state index >= 15 is 0 Å². The average Bonchev–Trinajstić information content (AvgIpc) is 3.33. The predicted molar refractivity (Wildman–Crippen MR) is 135 cm³/mol. The Kier molecular flexibility index (Phi) is 7.43. The molecule has 188 valence electrons. The van der Waals surface area contributed by atoms with Crippen LogP contribution in [0.5, 0.6) is 11.5 Å². The lowest BCUT2D eigenvalue weighted by Crippen LogP contribution is -2.38. The lowest BCUT2D eigenvalue weighted by Gasteiger charge is -2.29. The Balaban J connectivity index is 1.51. The van der Waals surface area contributed by atoms with Gasteiger partial charge in [0.1, 0.15) is 17.3 Å². The van der Waals surface area contributed by atoms with Crippen LogP contribution >= 0.6 is 0 Å². The minimum absolute atomic E-state index is 0.109. The van der Waals surface area contributed by atoms with Crippen LogP contribution in [0, 0.1) is 13.8 Å². The molecular weight excluding hydrogens is 460 g/mol. The van der Waals surface area contributed by atoms with Gasteiger partial charge in [-0.1, -0.05) is 6.07 Å². The predicted octanol–water partition coefficient (Wildman–Crippen LogP) is 4.57. The van der Waals surface area contributed by atoms with E-state index in [2.05, 4.69) is 0 Å². The molecule has 8 nitrogen and oxygen atoms in total. The van der Waals surface area contributed by atoms with Gasteiger partial charge in [-0.25, -0.2) is 0 Å². The molecule has 1 aliphatic heterocycles. The van der Waals surface area contributed by atoms with Crippen LogP contribution in [0.25, 0.3) is 0 Å². The molecule has 0 bridgehead atoms. The minimum Gasteiger partial charge on any atom is -0.485 e. The molecule has 0 fully saturated rings. The van der Waals surface area contributed by atoms with Gasteiger partial charge in [-0.3, -0.25) is 19.3 Å². The summed E-state index contributed by atoms with van der Waals surface area (Å²) < 4.78 is 17.1. The van der Waals surface area contributed by atoms with E-state index in [1.165, 1.54) is 4.90 Å². The van der Waals surface area contributed by atoms with Crippen LogP contribution in [0.15, 0.2) is 52.9 Å². The molecule has 0 N–H and O–H groups in total. The first kappa shape index (κ1) is 25.0.